The molecule has 0 radical (unpaired) electrons. The molecule has 1 aromatic heterocycles. The quantitative estimate of drug-likeness (QED) is 0.881. The Balaban J connectivity index is 2.20. The maximum atomic E-state index is 11.4. The van der Waals surface area contributed by atoms with Gasteiger partial charge in [-0.15, -0.1) is 11.3 Å². The highest BCUT2D eigenvalue weighted by Gasteiger charge is 2.21. The van der Waals surface area contributed by atoms with Crippen LogP contribution in [0.5, 0.6) is 0 Å². The first kappa shape index (κ1) is 13.7. The molecule has 0 bridgehead atoms. The topological polar surface area (TPSA) is 62.2 Å². The van der Waals surface area contributed by atoms with Gasteiger partial charge in [-0.2, -0.15) is 0 Å². The van der Waals surface area contributed by atoms with E-state index in [1.54, 1.807) is 6.20 Å². The van der Waals surface area contributed by atoms with Crippen LogP contribution in [0, 0.1) is 13.8 Å². The van der Waals surface area contributed by atoms with Crippen molar-refractivity contribution >= 4 is 17.3 Å². The second kappa shape index (κ2) is 5.95. The monoisotopic (exact) mass is 276 g/mol. The van der Waals surface area contributed by atoms with Gasteiger partial charge in [0.25, 0.3) is 0 Å². The lowest BCUT2D eigenvalue weighted by atomic mass is 9.97. The van der Waals surface area contributed by atoms with E-state index in [2.05, 4.69) is 10.3 Å². The number of hydrogen-bond donors (Lipinski definition) is 2. The molecule has 1 aromatic carbocycles. The van der Waals surface area contributed by atoms with Gasteiger partial charge < -0.3 is 5.11 Å². The normalized spacial score (nSPS) is 12.3. The molecule has 0 amide bonds. The van der Waals surface area contributed by atoms with Crippen LogP contribution in [-0.4, -0.2) is 16.1 Å². The summed E-state index contributed by atoms with van der Waals surface area (Å²) in [5.74, 6) is -0.870. The Morgan fingerprint density at radius 3 is 2.89 bits per heavy atom. The molecule has 19 heavy (non-hydrogen) atoms. The fraction of sp³-hybridized carbons (Fsp3) is 0.286. The highest BCUT2D eigenvalue weighted by atomic mass is 32.1. The molecule has 4 nitrogen and oxygen atoms in total. The molecule has 1 unspecified atom stereocenters. The van der Waals surface area contributed by atoms with Crippen molar-refractivity contribution in [1.82, 2.24) is 10.3 Å². The van der Waals surface area contributed by atoms with Crippen molar-refractivity contribution in [1.29, 1.82) is 0 Å². The van der Waals surface area contributed by atoms with Crippen LogP contribution in [0.2, 0.25) is 0 Å². The molecule has 0 aliphatic rings. The van der Waals surface area contributed by atoms with Crippen molar-refractivity contribution in [2.75, 3.05) is 0 Å². The van der Waals surface area contributed by atoms with Crippen LogP contribution in [0.25, 0.3) is 0 Å². The third-order valence-corrected chi connectivity index (χ3v) is 3.92. The summed E-state index contributed by atoms with van der Waals surface area (Å²) in [7, 11) is 0. The number of nitrogens with zero attached hydrogens (tertiary/aromatic N) is 1. The molecular weight excluding hydrogens is 260 g/mol. The van der Waals surface area contributed by atoms with E-state index in [4.69, 9.17) is 0 Å². The minimum Gasteiger partial charge on any atom is -0.480 e. The summed E-state index contributed by atoms with van der Waals surface area (Å²) in [6, 6.07) is 5.02. The van der Waals surface area contributed by atoms with Gasteiger partial charge in [-0.3, -0.25) is 10.1 Å². The fourth-order valence-corrected chi connectivity index (χ4v) is 2.51. The van der Waals surface area contributed by atoms with Crippen molar-refractivity contribution in [2.45, 2.75) is 26.4 Å². The van der Waals surface area contributed by atoms with Crippen LogP contribution < -0.4 is 5.32 Å². The molecule has 0 aliphatic carbocycles. The lowest BCUT2D eigenvalue weighted by Crippen LogP contribution is -2.28. The van der Waals surface area contributed by atoms with Crippen LogP contribution in [0.1, 0.15) is 27.7 Å². The zero-order chi connectivity index (χ0) is 13.8. The van der Waals surface area contributed by atoms with Gasteiger partial charge in [-0.05, 0) is 30.5 Å². The van der Waals surface area contributed by atoms with E-state index in [0.29, 0.717) is 6.54 Å². The van der Waals surface area contributed by atoms with Crippen molar-refractivity contribution < 1.29 is 9.90 Å². The van der Waals surface area contributed by atoms with E-state index >= 15 is 0 Å². The molecule has 0 saturated carbocycles. The maximum absolute atomic E-state index is 11.4. The van der Waals surface area contributed by atoms with Crippen LogP contribution in [0.4, 0.5) is 0 Å². The molecule has 2 aromatic rings. The Bertz CT molecular complexity index is 567. The van der Waals surface area contributed by atoms with E-state index in [1.807, 2.05) is 37.4 Å². The number of aliphatic carboxylic acids is 1. The molecule has 1 heterocycles. The third-order valence-electron chi connectivity index (χ3n) is 3.15. The van der Waals surface area contributed by atoms with Gasteiger partial charge in [-0.25, -0.2) is 4.98 Å². The van der Waals surface area contributed by atoms with E-state index in [-0.39, 0.29) is 0 Å². The summed E-state index contributed by atoms with van der Waals surface area (Å²) < 4.78 is 0. The van der Waals surface area contributed by atoms with Crippen LogP contribution in [0.3, 0.4) is 0 Å². The average Bonchev–Trinajstić information content (AvgIpc) is 2.87. The van der Waals surface area contributed by atoms with Gasteiger partial charge in [-0.1, -0.05) is 18.2 Å². The fourth-order valence-electron chi connectivity index (χ4n) is 1.95. The van der Waals surface area contributed by atoms with Gasteiger partial charge in [0.1, 0.15) is 11.0 Å². The van der Waals surface area contributed by atoms with Gasteiger partial charge >= 0.3 is 5.97 Å². The molecule has 2 rings (SSSR count). The summed E-state index contributed by atoms with van der Waals surface area (Å²) in [5, 5.41) is 15.2. The highest BCUT2D eigenvalue weighted by Crippen LogP contribution is 2.21. The standard InChI is InChI=1S/C14H16N2O2S/c1-9-4-3-5-11(10(9)2)13(14(17)18)16-8-12-15-6-7-19-12/h3-7,13,16H,8H2,1-2H3,(H,17,18). The Hall–Kier alpha value is -1.72. The first-order valence-corrected chi connectivity index (χ1v) is 6.88. The molecule has 100 valence electrons. The van der Waals surface area contributed by atoms with E-state index in [0.717, 1.165) is 21.7 Å². The molecule has 1 atom stereocenters. The Morgan fingerprint density at radius 1 is 1.47 bits per heavy atom. The number of hydrogen-bond acceptors (Lipinski definition) is 4. The molecular formula is C14H16N2O2S. The summed E-state index contributed by atoms with van der Waals surface area (Å²) in [5.41, 5.74) is 2.92. The Labute approximate surface area is 116 Å². The lowest BCUT2D eigenvalue weighted by molar-refractivity contribution is -0.139. The number of benzene rings is 1. The van der Waals surface area contributed by atoms with E-state index < -0.39 is 12.0 Å². The third kappa shape index (κ3) is 3.19. The highest BCUT2D eigenvalue weighted by molar-refractivity contribution is 7.09. The van der Waals surface area contributed by atoms with Gasteiger partial charge in [0.2, 0.25) is 0 Å². The maximum Gasteiger partial charge on any atom is 0.325 e. The van der Waals surface area contributed by atoms with Crippen LogP contribution >= 0.6 is 11.3 Å². The number of carboxylic acids is 1. The van der Waals surface area contributed by atoms with Gasteiger partial charge in [0, 0.05) is 18.1 Å². The predicted molar refractivity (Wildman–Crippen MR) is 75.2 cm³/mol. The number of aromatic nitrogens is 1. The van der Waals surface area contributed by atoms with Crippen LogP contribution in [0.15, 0.2) is 29.8 Å². The van der Waals surface area contributed by atoms with Crippen molar-refractivity contribution in [3.05, 3.63) is 51.5 Å². The SMILES string of the molecule is Cc1cccc(C(NCc2nccs2)C(=O)O)c1C. The zero-order valence-electron chi connectivity index (χ0n) is 10.9. The summed E-state index contributed by atoms with van der Waals surface area (Å²) in [6.07, 6.45) is 1.72. The van der Waals surface area contributed by atoms with E-state index in [9.17, 15) is 9.90 Å². The number of nitrogens with one attached hydrogen (secondary N) is 1. The van der Waals surface area contributed by atoms with Crippen LogP contribution in [-0.2, 0) is 11.3 Å². The molecule has 5 heteroatoms. The van der Waals surface area contributed by atoms with Crippen molar-refractivity contribution in [2.24, 2.45) is 0 Å². The number of carbonyl (C=O) groups is 1. The molecule has 0 fully saturated rings. The number of aryl methyl sites for hydroxylation is 1. The van der Waals surface area contributed by atoms with Crippen molar-refractivity contribution in [3.8, 4) is 0 Å². The Kier molecular flexibility index (Phi) is 4.29. The number of rotatable bonds is 5. The van der Waals surface area contributed by atoms with E-state index in [1.165, 1.54) is 11.3 Å². The second-order valence-corrected chi connectivity index (χ2v) is 5.35. The van der Waals surface area contributed by atoms with Gasteiger partial charge in [0.15, 0.2) is 0 Å². The predicted octanol–water partition coefficient (Wildman–Crippen LogP) is 2.68. The molecule has 0 aliphatic heterocycles. The van der Waals surface area contributed by atoms with Crippen molar-refractivity contribution in [3.63, 3.8) is 0 Å². The zero-order valence-corrected chi connectivity index (χ0v) is 11.7. The summed E-state index contributed by atoms with van der Waals surface area (Å²) in [4.78, 5) is 15.6. The Morgan fingerprint density at radius 2 is 2.26 bits per heavy atom. The molecule has 0 saturated heterocycles. The molecule has 0 spiro atoms. The van der Waals surface area contributed by atoms with Gasteiger partial charge in [0.05, 0.1) is 0 Å². The minimum absolute atomic E-state index is 0.460. The largest absolute Gasteiger partial charge is 0.480 e. The minimum atomic E-state index is -0.870. The average molecular weight is 276 g/mol. The smallest absolute Gasteiger partial charge is 0.325 e. The number of thiazole rings is 1. The first-order valence-electron chi connectivity index (χ1n) is 6.00. The second-order valence-electron chi connectivity index (χ2n) is 4.37. The summed E-state index contributed by atoms with van der Waals surface area (Å²) >= 11 is 1.51. The number of carboxylic acid groups (broad SMARTS) is 1. The molecule has 2 N–H and O–H groups in total. The first-order chi connectivity index (χ1) is 9.09. The lowest BCUT2D eigenvalue weighted by Gasteiger charge is -2.17. The summed E-state index contributed by atoms with van der Waals surface area (Å²) in [6.45, 7) is 4.40.